The Hall–Kier alpha value is -2.17. The summed E-state index contributed by atoms with van der Waals surface area (Å²) in [5.74, 6) is 0.123. The molecule has 3 saturated heterocycles. The molecule has 34 heavy (non-hydrogen) atoms. The highest BCUT2D eigenvalue weighted by Gasteiger charge is 2.45. The minimum absolute atomic E-state index is 0.0145. The average Bonchev–Trinajstić information content (AvgIpc) is 3.17. The number of hydrogen-bond donors (Lipinski definition) is 1. The summed E-state index contributed by atoms with van der Waals surface area (Å²) in [6, 6.07) is 4.89. The number of nitrogens with one attached hydrogen (secondary N) is 1. The quantitative estimate of drug-likeness (QED) is 0.693. The van der Waals surface area contributed by atoms with E-state index in [0.717, 1.165) is 50.3 Å². The Balaban J connectivity index is 1.36. The SMILES string of the molecule is CN1CCN(C(=O)CC[C@H]2CNC(=O)[C@@H]3[C@@H](CCN3Cc3ccc(C(F)(F)F)cc3)N2C)CC1. The summed E-state index contributed by atoms with van der Waals surface area (Å²) >= 11 is 0. The summed E-state index contributed by atoms with van der Waals surface area (Å²) in [6.45, 7) is 4.92. The highest BCUT2D eigenvalue weighted by atomic mass is 19.4. The second-order valence-corrected chi connectivity index (χ2v) is 9.75. The lowest BCUT2D eigenvalue weighted by molar-refractivity contribution is -0.137. The summed E-state index contributed by atoms with van der Waals surface area (Å²) in [6.07, 6.45) is -2.41. The lowest BCUT2D eigenvalue weighted by Crippen LogP contribution is -2.50. The number of likely N-dealkylation sites (N-methyl/N-ethyl adjacent to an activating group) is 2. The first kappa shape index (κ1) is 24.9. The van der Waals surface area contributed by atoms with E-state index in [0.29, 0.717) is 32.5 Å². The number of amides is 2. The Bertz CT molecular complexity index is 870. The maximum Gasteiger partial charge on any atom is 0.416 e. The molecule has 3 aliphatic heterocycles. The molecule has 7 nitrogen and oxygen atoms in total. The third-order valence-electron chi connectivity index (χ3n) is 7.56. The Morgan fingerprint density at radius 2 is 1.74 bits per heavy atom. The van der Waals surface area contributed by atoms with Gasteiger partial charge in [0.1, 0.15) is 6.04 Å². The summed E-state index contributed by atoms with van der Waals surface area (Å²) in [5.41, 5.74) is 0.0825. The molecule has 1 aromatic rings. The zero-order valence-electron chi connectivity index (χ0n) is 19.9. The van der Waals surface area contributed by atoms with Crippen LogP contribution in [0.15, 0.2) is 24.3 Å². The van der Waals surface area contributed by atoms with E-state index in [2.05, 4.69) is 27.1 Å². The van der Waals surface area contributed by atoms with Crippen molar-refractivity contribution in [2.75, 3.05) is 53.4 Å². The number of likely N-dealkylation sites (tertiary alicyclic amines) is 1. The number of alkyl halides is 3. The van der Waals surface area contributed by atoms with Crippen molar-refractivity contribution in [1.82, 2.24) is 24.9 Å². The predicted octanol–water partition coefficient (Wildman–Crippen LogP) is 1.63. The second-order valence-electron chi connectivity index (χ2n) is 9.75. The van der Waals surface area contributed by atoms with E-state index < -0.39 is 11.7 Å². The lowest BCUT2D eigenvalue weighted by Gasteiger charge is -2.35. The first-order chi connectivity index (χ1) is 16.1. The van der Waals surface area contributed by atoms with Gasteiger partial charge in [0.15, 0.2) is 0 Å². The molecule has 0 bridgehead atoms. The summed E-state index contributed by atoms with van der Waals surface area (Å²) < 4.78 is 38.6. The first-order valence-corrected chi connectivity index (χ1v) is 12.0. The van der Waals surface area contributed by atoms with Crippen molar-refractivity contribution in [2.24, 2.45) is 0 Å². The number of carbonyl (C=O) groups excluding carboxylic acids is 2. The van der Waals surface area contributed by atoms with Gasteiger partial charge in [0.05, 0.1) is 5.56 Å². The molecule has 3 fully saturated rings. The van der Waals surface area contributed by atoms with Gasteiger partial charge in [0.25, 0.3) is 0 Å². The molecule has 1 aromatic carbocycles. The van der Waals surface area contributed by atoms with Crippen LogP contribution in [0.4, 0.5) is 13.2 Å². The van der Waals surface area contributed by atoms with Crippen LogP contribution in [0.5, 0.6) is 0 Å². The summed E-state index contributed by atoms with van der Waals surface area (Å²) in [7, 11) is 4.08. The van der Waals surface area contributed by atoms with Crippen LogP contribution in [0.3, 0.4) is 0 Å². The number of piperazine rings is 1. The molecule has 4 rings (SSSR count). The van der Waals surface area contributed by atoms with Crippen LogP contribution in [0.25, 0.3) is 0 Å². The Kier molecular flexibility index (Phi) is 7.49. The molecule has 0 saturated carbocycles. The van der Waals surface area contributed by atoms with Crippen LogP contribution in [0, 0.1) is 0 Å². The average molecular weight is 482 g/mol. The van der Waals surface area contributed by atoms with E-state index in [9.17, 15) is 22.8 Å². The molecule has 0 aliphatic carbocycles. The third-order valence-corrected chi connectivity index (χ3v) is 7.56. The standard InChI is InChI=1S/C24H34F3N5O2/c1-29-11-13-31(14-12-29)21(33)8-7-19-15-28-23(34)22-20(30(19)2)9-10-32(22)16-17-3-5-18(6-4-17)24(25,26)27/h3-6,19-20,22H,7-16H2,1-2H3,(H,28,34)/t19-,20+,22-/m0/s1. The Labute approximate surface area is 198 Å². The zero-order valence-corrected chi connectivity index (χ0v) is 19.9. The highest BCUT2D eigenvalue weighted by Crippen LogP contribution is 2.31. The maximum absolute atomic E-state index is 13.0. The number of benzene rings is 1. The molecule has 0 spiro atoms. The monoisotopic (exact) mass is 481 g/mol. The number of fused-ring (bicyclic) bond motifs is 1. The molecule has 0 aromatic heterocycles. The fourth-order valence-electron chi connectivity index (χ4n) is 5.36. The fraction of sp³-hybridized carbons (Fsp3) is 0.667. The number of hydrogen-bond acceptors (Lipinski definition) is 5. The first-order valence-electron chi connectivity index (χ1n) is 12.0. The molecule has 1 N–H and O–H groups in total. The smallest absolute Gasteiger partial charge is 0.353 e. The number of carbonyl (C=O) groups is 2. The Morgan fingerprint density at radius 1 is 1.06 bits per heavy atom. The number of nitrogens with zero attached hydrogens (tertiary/aromatic N) is 4. The largest absolute Gasteiger partial charge is 0.416 e. The van der Waals surface area contributed by atoms with E-state index in [-0.39, 0.29) is 29.9 Å². The Morgan fingerprint density at radius 3 is 2.38 bits per heavy atom. The topological polar surface area (TPSA) is 59.1 Å². The van der Waals surface area contributed by atoms with Gasteiger partial charge in [-0.05, 0) is 44.6 Å². The highest BCUT2D eigenvalue weighted by molar-refractivity contribution is 5.83. The number of rotatable bonds is 5. The van der Waals surface area contributed by atoms with Gasteiger partial charge in [-0.25, -0.2) is 0 Å². The van der Waals surface area contributed by atoms with E-state index >= 15 is 0 Å². The van der Waals surface area contributed by atoms with Gasteiger partial charge in [0.2, 0.25) is 11.8 Å². The van der Waals surface area contributed by atoms with Gasteiger partial charge in [-0.3, -0.25) is 19.4 Å². The summed E-state index contributed by atoms with van der Waals surface area (Å²) in [5, 5.41) is 3.05. The molecule has 3 heterocycles. The van der Waals surface area contributed by atoms with Crippen LogP contribution < -0.4 is 5.32 Å². The predicted molar refractivity (Wildman–Crippen MR) is 122 cm³/mol. The molecule has 10 heteroatoms. The van der Waals surface area contributed by atoms with Gasteiger partial charge < -0.3 is 15.1 Å². The van der Waals surface area contributed by atoms with Crippen molar-refractivity contribution in [1.29, 1.82) is 0 Å². The molecule has 3 aliphatic rings. The minimum atomic E-state index is -4.36. The third kappa shape index (κ3) is 5.55. The molecule has 0 unspecified atom stereocenters. The van der Waals surface area contributed by atoms with Crippen molar-refractivity contribution < 1.29 is 22.8 Å². The zero-order chi connectivity index (χ0) is 24.5. The van der Waals surface area contributed by atoms with Crippen molar-refractivity contribution in [3.8, 4) is 0 Å². The number of halogens is 3. The normalized spacial score (nSPS) is 27.4. The van der Waals surface area contributed by atoms with E-state index in [1.807, 2.05) is 11.9 Å². The lowest BCUT2D eigenvalue weighted by atomic mass is 10.0. The fourth-order valence-corrected chi connectivity index (χ4v) is 5.36. The van der Waals surface area contributed by atoms with Crippen LogP contribution in [0.2, 0.25) is 0 Å². The molecule has 188 valence electrons. The van der Waals surface area contributed by atoms with Crippen LogP contribution in [-0.2, 0) is 22.3 Å². The minimum Gasteiger partial charge on any atom is -0.353 e. The molecule has 2 amide bonds. The molecule has 0 radical (unpaired) electrons. The van der Waals surface area contributed by atoms with Gasteiger partial charge in [-0.15, -0.1) is 0 Å². The molecular weight excluding hydrogens is 447 g/mol. The second kappa shape index (κ2) is 10.2. The van der Waals surface area contributed by atoms with Gasteiger partial charge in [-0.2, -0.15) is 13.2 Å². The van der Waals surface area contributed by atoms with Crippen molar-refractivity contribution in [3.05, 3.63) is 35.4 Å². The molecular formula is C24H34F3N5O2. The van der Waals surface area contributed by atoms with Gasteiger partial charge >= 0.3 is 6.18 Å². The van der Waals surface area contributed by atoms with Crippen LogP contribution in [-0.4, -0.2) is 103 Å². The van der Waals surface area contributed by atoms with Crippen molar-refractivity contribution in [2.45, 2.75) is 50.1 Å². The van der Waals surface area contributed by atoms with E-state index in [4.69, 9.17) is 0 Å². The van der Waals surface area contributed by atoms with Gasteiger partial charge in [0, 0.05) is 64.3 Å². The van der Waals surface area contributed by atoms with Crippen molar-refractivity contribution >= 4 is 11.8 Å². The van der Waals surface area contributed by atoms with E-state index in [1.165, 1.54) is 12.1 Å². The molecule has 3 atom stereocenters. The summed E-state index contributed by atoms with van der Waals surface area (Å²) in [4.78, 5) is 34.1. The van der Waals surface area contributed by atoms with Gasteiger partial charge in [-0.1, -0.05) is 12.1 Å². The van der Waals surface area contributed by atoms with Crippen LogP contribution in [0.1, 0.15) is 30.4 Å². The van der Waals surface area contributed by atoms with Crippen molar-refractivity contribution in [3.63, 3.8) is 0 Å². The maximum atomic E-state index is 13.0. The van der Waals surface area contributed by atoms with E-state index in [1.54, 1.807) is 0 Å². The van der Waals surface area contributed by atoms with Crippen LogP contribution >= 0.6 is 0 Å².